The number of morpholine rings is 1. The van der Waals surface area contributed by atoms with Crippen molar-refractivity contribution in [2.75, 3.05) is 32.8 Å². The molecule has 0 bridgehead atoms. The van der Waals surface area contributed by atoms with E-state index in [1.54, 1.807) is 0 Å². The van der Waals surface area contributed by atoms with E-state index in [0.29, 0.717) is 13.0 Å². The average molecular weight is 373 g/mol. The molecule has 22 heavy (non-hydrogen) atoms. The summed E-state index contributed by atoms with van der Waals surface area (Å²) in [6.45, 7) is 10.9. The van der Waals surface area contributed by atoms with E-state index in [9.17, 15) is 4.79 Å². The summed E-state index contributed by atoms with van der Waals surface area (Å²) in [6, 6.07) is 0.151. The highest BCUT2D eigenvalue weighted by atomic mass is 79.9. The van der Waals surface area contributed by atoms with Gasteiger partial charge in [0.25, 0.3) is 0 Å². The number of aryl methyl sites for hydroxylation is 2. The summed E-state index contributed by atoms with van der Waals surface area (Å²) in [6.07, 6.45) is 0.446. The number of nitrogens with zero attached hydrogens (tertiary/aromatic N) is 3. The molecule has 1 fully saturated rings. The van der Waals surface area contributed by atoms with E-state index in [1.807, 2.05) is 25.5 Å². The first-order valence-electron chi connectivity index (χ1n) is 7.76. The van der Waals surface area contributed by atoms with Gasteiger partial charge in [0.2, 0.25) is 5.91 Å². The molecule has 1 aliphatic heterocycles. The van der Waals surface area contributed by atoms with Crippen molar-refractivity contribution in [1.29, 1.82) is 0 Å². The Balaban J connectivity index is 1.73. The van der Waals surface area contributed by atoms with Crippen molar-refractivity contribution in [2.45, 2.75) is 39.8 Å². The smallest absolute Gasteiger partial charge is 0.222 e. The van der Waals surface area contributed by atoms with E-state index in [2.05, 4.69) is 31.2 Å². The van der Waals surface area contributed by atoms with Gasteiger partial charge in [-0.15, -0.1) is 0 Å². The topological polar surface area (TPSA) is 59.4 Å². The van der Waals surface area contributed by atoms with Gasteiger partial charge in [-0.1, -0.05) is 0 Å². The fraction of sp³-hybridized carbons (Fsp3) is 0.733. The Hall–Kier alpha value is -0.920. The summed E-state index contributed by atoms with van der Waals surface area (Å²) in [5.74, 6) is 0.0736. The zero-order valence-electron chi connectivity index (χ0n) is 13.6. The molecule has 0 saturated carbocycles. The van der Waals surface area contributed by atoms with E-state index in [-0.39, 0.29) is 11.9 Å². The molecule has 1 saturated heterocycles. The molecule has 1 amide bonds. The monoisotopic (exact) mass is 372 g/mol. The van der Waals surface area contributed by atoms with Crippen LogP contribution in [0.15, 0.2) is 4.47 Å². The Labute approximate surface area is 140 Å². The number of carbonyl (C=O) groups is 1. The Morgan fingerprint density at radius 3 is 2.68 bits per heavy atom. The van der Waals surface area contributed by atoms with Crippen molar-refractivity contribution in [2.24, 2.45) is 0 Å². The predicted octanol–water partition coefficient (Wildman–Crippen LogP) is 1.49. The lowest BCUT2D eigenvalue weighted by Gasteiger charge is -2.29. The Bertz CT molecular complexity index is 512. The van der Waals surface area contributed by atoms with Crippen LogP contribution in [0.25, 0.3) is 0 Å². The Morgan fingerprint density at radius 2 is 2.09 bits per heavy atom. The number of halogens is 1. The molecule has 1 unspecified atom stereocenters. The summed E-state index contributed by atoms with van der Waals surface area (Å²) in [5.41, 5.74) is 2.02. The van der Waals surface area contributed by atoms with Gasteiger partial charge in [-0.3, -0.25) is 14.4 Å². The van der Waals surface area contributed by atoms with Crippen LogP contribution in [0.2, 0.25) is 0 Å². The molecule has 7 heteroatoms. The highest BCUT2D eigenvalue weighted by Gasteiger charge is 2.16. The van der Waals surface area contributed by atoms with Crippen molar-refractivity contribution in [3.05, 3.63) is 15.9 Å². The zero-order chi connectivity index (χ0) is 16.1. The molecular weight excluding hydrogens is 348 g/mol. The van der Waals surface area contributed by atoms with E-state index in [0.717, 1.165) is 48.7 Å². The second kappa shape index (κ2) is 8.08. The van der Waals surface area contributed by atoms with E-state index >= 15 is 0 Å². The Kier molecular flexibility index (Phi) is 6.40. The van der Waals surface area contributed by atoms with Crippen LogP contribution in [-0.4, -0.2) is 59.5 Å². The number of aromatic nitrogens is 2. The Morgan fingerprint density at radius 1 is 1.41 bits per heavy atom. The van der Waals surface area contributed by atoms with Crippen molar-refractivity contribution in [1.82, 2.24) is 20.0 Å². The molecule has 1 aliphatic rings. The molecule has 0 aromatic carbocycles. The van der Waals surface area contributed by atoms with Gasteiger partial charge in [0.1, 0.15) is 0 Å². The van der Waals surface area contributed by atoms with Gasteiger partial charge in [0.05, 0.1) is 29.9 Å². The number of hydrogen-bond donors (Lipinski definition) is 1. The number of nitrogens with one attached hydrogen (secondary N) is 1. The number of ether oxygens (including phenoxy) is 1. The van der Waals surface area contributed by atoms with E-state index < -0.39 is 0 Å². The first kappa shape index (κ1) is 17.4. The highest BCUT2D eigenvalue weighted by Crippen LogP contribution is 2.19. The van der Waals surface area contributed by atoms with Gasteiger partial charge in [0.15, 0.2) is 0 Å². The molecule has 1 atom stereocenters. The third-order valence-corrected chi connectivity index (χ3v) is 5.03. The van der Waals surface area contributed by atoms with E-state index in [1.165, 1.54) is 0 Å². The molecular formula is C15H25BrN4O2. The van der Waals surface area contributed by atoms with Gasteiger partial charge in [-0.2, -0.15) is 5.10 Å². The lowest BCUT2D eigenvalue weighted by Crippen LogP contribution is -2.46. The zero-order valence-corrected chi connectivity index (χ0v) is 15.1. The maximum Gasteiger partial charge on any atom is 0.222 e. The van der Waals surface area contributed by atoms with Crippen LogP contribution in [0, 0.1) is 13.8 Å². The van der Waals surface area contributed by atoms with Gasteiger partial charge < -0.3 is 10.1 Å². The maximum absolute atomic E-state index is 12.1. The first-order chi connectivity index (χ1) is 10.5. The summed E-state index contributed by atoms with van der Waals surface area (Å²) in [7, 11) is 0. The largest absolute Gasteiger partial charge is 0.379 e. The van der Waals surface area contributed by atoms with Gasteiger partial charge in [0, 0.05) is 37.8 Å². The number of amides is 1. The third kappa shape index (κ3) is 4.79. The summed E-state index contributed by atoms with van der Waals surface area (Å²) in [4.78, 5) is 14.4. The molecule has 2 heterocycles. The van der Waals surface area contributed by atoms with E-state index in [4.69, 9.17) is 4.74 Å². The van der Waals surface area contributed by atoms with Crippen molar-refractivity contribution in [3.8, 4) is 0 Å². The van der Waals surface area contributed by atoms with Crippen LogP contribution in [0.4, 0.5) is 0 Å². The van der Waals surface area contributed by atoms with Crippen molar-refractivity contribution >= 4 is 21.8 Å². The summed E-state index contributed by atoms with van der Waals surface area (Å²) in [5, 5.41) is 7.49. The van der Waals surface area contributed by atoms with Crippen LogP contribution >= 0.6 is 15.9 Å². The maximum atomic E-state index is 12.1. The quantitative estimate of drug-likeness (QED) is 0.821. The standard InChI is InChI=1S/C15H25BrN4O2/c1-11(10-19-6-8-22-9-7-19)17-14(21)4-5-20-13(3)15(16)12(2)18-20/h11H,4-10H2,1-3H3,(H,17,21). The molecule has 0 aliphatic carbocycles. The second-order valence-corrected chi connectivity index (χ2v) is 6.63. The van der Waals surface area contributed by atoms with Crippen LogP contribution in [-0.2, 0) is 16.1 Å². The van der Waals surface area contributed by atoms with Crippen LogP contribution in [0.3, 0.4) is 0 Å². The van der Waals surface area contributed by atoms with Gasteiger partial charge in [-0.25, -0.2) is 0 Å². The minimum absolute atomic E-state index is 0.0736. The minimum Gasteiger partial charge on any atom is -0.379 e. The summed E-state index contributed by atoms with van der Waals surface area (Å²) < 4.78 is 8.23. The second-order valence-electron chi connectivity index (χ2n) is 5.84. The summed E-state index contributed by atoms with van der Waals surface area (Å²) >= 11 is 3.50. The minimum atomic E-state index is 0.0736. The fourth-order valence-electron chi connectivity index (χ4n) is 2.66. The number of rotatable bonds is 6. The van der Waals surface area contributed by atoms with Crippen LogP contribution in [0.1, 0.15) is 24.7 Å². The number of carbonyl (C=O) groups excluding carboxylic acids is 1. The lowest BCUT2D eigenvalue weighted by molar-refractivity contribution is -0.122. The molecule has 1 N–H and O–H groups in total. The van der Waals surface area contributed by atoms with Gasteiger partial charge in [-0.05, 0) is 36.7 Å². The van der Waals surface area contributed by atoms with Crippen LogP contribution in [0.5, 0.6) is 0 Å². The molecule has 124 valence electrons. The van der Waals surface area contributed by atoms with Crippen molar-refractivity contribution in [3.63, 3.8) is 0 Å². The first-order valence-corrected chi connectivity index (χ1v) is 8.55. The molecule has 2 rings (SSSR count). The molecule has 0 spiro atoms. The lowest BCUT2D eigenvalue weighted by atomic mass is 10.2. The number of hydrogen-bond acceptors (Lipinski definition) is 4. The molecule has 1 aromatic heterocycles. The molecule has 1 aromatic rings. The highest BCUT2D eigenvalue weighted by molar-refractivity contribution is 9.10. The van der Waals surface area contributed by atoms with Crippen LogP contribution < -0.4 is 5.32 Å². The van der Waals surface area contributed by atoms with Gasteiger partial charge >= 0.3 is 0 Å². The normalized spacial score (nSPS) is 17.5. The molecule has 6 nitrogen and oxygen atoms in total. The van der Waals surface area contributed by atoms with Crippen molar-refractivity contribution < 1.29 is 9.53 Å². The fourth-order valence-corrected chi connectivity index (χ4v) is 2.95. The average Bonchev–Trinajstić information content (AvgIpc) is 2.73. The molecule has 0 radical (unpaired) electrons. The third-order valence-electron chi connectivity index (χ3n) is 3.89. The SMILES string of the molecule is Cc1nn(CCC(=O)NC(C)CN2CCOCC2)c(C)c1Br. The predicted molar refractivity (Wildman–Crippen MR) is 88.9 cm³/mol.